The van der Waals surface area contributed by atoms with Crippen molar-refractivity contribution in [2.45, 2.75) is 26.2 Å². The molecule has 1 aromatic rings. The van der Waals surface area contributed by atoms with Gasteiger partial charge in [0.05, 0.1) is 0 Å². The van der Waals surface area contributed by atoms with E-state index in [1.165, 1.54) is 6.07 Å². The maximum Gasteiger partial charge on any atom is 0.126 e. The minimum absolute atomic E-state index is 0.0911. The Balaban J connectivity index is 2.75. The van der Waals surface area contributed by atoms with Gasteiger partial charge in [0.1, 0.15) is 5.82 Å². The summed E-state index contributed by atoms with van der Waals surface area (Å²) in [5.74, 6) is -0.0911. The van der Waals surface area contributed by atoms with Crippen LogP contribution in [0.15, 0.2) is 22.7 Å². The quantitative estimate of drug-likeness (QED) is 0.739. The minimum Gasteiger partial charge on any atom is -0.207 e. The lowest BCUT2D eigenvalue weighted by Gasteiger charge is -2.01. The Bertz CT molecular complexity index is 258. The summed E-state index contributed by atoms with van der Waals surface area (Å²) in [5, 5.41) is 0. The molecule has 2 heteroatoms. The van der Waals surface area contributed by atoms with Gasteiger partial charge in [-0.15, -0.1) is 0 Å². The molecule has 0 N–H and O–H groups in total. The summed E-state index contributed by atoms with van der Waals surface area (Å²) in [4.78, 5) is 0. The van der Waals surface area contributed by atoms with E-state index >= 15 is 0 Å². The van der Waals surface area contributed by atoms with Crippen molar-refractivity contribution in [1.29, 1.82) is 0 Å². The van der Waals surface area contributed by atoms with Gasteiger partial charge < -0.3 is 0 Å². The van der Waals surface area contributed by atoms with Crippen LogP contribution in [0.25, 0.3) is 0 Å². The topological polar surface area (TPSA) is 0 Å². The van der Waals surface area contributed by atoms with Crippen molar-refractivity contribution in [2.75, 3.05) is 0 Å². The smallest absolute Gasteiger partial charge is 0.126 e. The van der Waals surface area contributed by atoms with Crippen LogP contribution in [0.3, 0.4) is 0 Å². The Labute approximate surface area is 80.9 Å². The second kappa shape index (κ2) is 4.61. The molecular formula is C10H12BrF. The molecule has 0 aliphatic carbocycles. The molecule has 1 rings (SSSR count). The number of hydrogen-bond donors (Lipinski definition) is 0. The van der Waals surface area contributed by atoms with E-state index in [0.717, 1.165) is 29.3 Å². The van der Waals surface area contributed by atoms with Crippen molar-refractivity contribution in [3.63, 3.8) is 0 Å². The molecule has 0 bridgehead atoms. The van der Waals surface area contributed by atoms with Gasteiger partial charge in [0.15, 0.2) is 0 Å². The average Bonchev–Trinajstić information content (AvgIpc) is 2.07. The van der Waals surface area contributed by atoms with Crippen LogP contribution in [0.1, 0.15) is 25.3 Å². The van der Waals surface area contributed by atoms with E-state index in [2.05, 4.69) is 22.9 Å². The Kier molecular flexibility index (Phi) is 3.73. The molecule has 0 radical (unpaired) electrons. The van der Waals surface area contributed by atoms with Crippen LogP contribution in [0.2, 0.25) is 0 Å². The van der Waals surface area contributed by atoms with Gasteiger partial charge in [-0.3, -0.25) is 0 Å². The van der Waals surface area contributed by atoms with Gasteiger partial charge in [-0.1, -0.05) is 29.3 Å². The number of rotatable bonds is 3. The molecule has 0 heterocycles. The van der Waals surface area contributed by atoms with E-state index in [4.69, 9.17) is 0 Å². The first-order valence-electron chi connectivity index (χ1n) is 4.18. The van der Waals surface area contributed by atoms with Crippen LogP contribution in [-0.2, 0) is 6.42 Å². The molecule has 12 heavy (non-hydrogen) atoms. The van der Waals surface area contributed by atoms with Gasteiger partial charge in [0.2, 0.25) is 0 Å². The van der Waals surface area contributed by atoms with E-state index in [1.807, 2.05) is 6.07 Å². The van der Waals surface area contributed by atoms with E-state index in [-0.39, 0.29) is 5.82 Å². The van der Waals surface area contributed by atoms with Crippen LogP contribution in [0.4, 0.5) is 4.39 Å². The SMILES string of the molecule is CCCCc1cc(Br)ccc1F. The van der Waals surface area contributed by atoms with E-state index in [9.17, 15) is 4.39 Å². The van der Waals surface area contributed by atoms with Gasteiger partial charge in [0, 0.05) is 4.47 Å². The number of unbranched alkanes of at least 4 members (excludes halogenated alkanes) is 1. The molecular weight excluding hydrogens is 219 g/mol. The Morgan fingerprint density at radius 1 is 1.42 bits per heavy atom. The Hall–Kier alpha value is -0.370. The van der Waals surface area contributed by atoms with E-state index in [1.54, 1.807) is 6.07 Å². The van der Waals surface area contributed by atoms with Crippen molar-refractivity contribution < 1.29 is 4.39 Å². The summed E-state index contributed by atoms with van der Waals surface area (Å²) in [7, 11) is 0. The molecule has 0 aliphatic rings. The minimum atomic E-state index is -0.0911. The molecule has 66 valence electrons. The third kappa shape index (κ3) is 2.59. The molecule has 0 aliphatic heterocycles. The van der Waals surface area contributed by atoms with Crippen molar-refractivity contribution >= 4 is 15.9 Å². The second-order valence-electron chi connectivity index (χ2n) is 2.84. The zero-order chi connectivity index (χ0) is 8.97. The summed E-state index contributed by atoms with van der Waals surface area (Å²) in [6.45, 7) is 2.11. The fourth-order valence-electron chi connectivity index (χ4n) is 1.10. The van der Waals surface area contributed by atoms with Crippen molar-refractivity contribution in [2.24, 2.45) is 0 Å². The molecule has 0 saturated heterocycles. The highest BCUT2D eigenvalue weighted by Gasteiger charge is 2.01. The lowest BCUT2D eigenvalue weighted by atomic mass is 10.1. The average molecular weight is 231 g/mol. The lowest BCUT2D eigenvalue weighted by Crippen LogP contribution is -1.89. The van der Waals surface area contributed by atoms with Crippen LogP contribution in [0.5, 0.6) is 0 Å². The monoisotopic (exact) mass is 230 g/mol. The lowest BCUT2D eigenvalue weighted by molar-refractivity contribution is 0.603. The molecule has 1 aromatic carbocycles. The van der Waals surface area contributed by atoms with E-state index < -0.39 is 0 Å². The highest BCUT2D eigenvalue weighted by Crippen LogP contribution is 2.17. The number of halogens is 2. The summed E-state index contributed by atoms with van der Waals surface area (Å²) in [6.07, 6.45) is 2.99. The molecule has 0 aromatic heterocycles. The van der Waals surface area contributed by atoms with Crippen LogP contribution in [0, 0.1) is 5.82 Å². The molecule has 0 saturated carbocycles. The number of hydrogen-bond acceptors (Lipinski definition) is 0. The highest BCUT2D eigenvalue weighted by atomic mass is 79.9. The zero-order valence-corrected chi connectivity index (χ0v) is 8.70. The standard InChI is InChI=1S/C10H12BrF/c1-2-3-4-8-7-9(11)5-6-10(8)12/h5-7H,2-4H2,1H3. The first-order chi connectivity index (χ1) is 5.74. The van der Waals surface area contributed by atoms with Crippen molar-refractivity contribution in [3.8, 4) is 0 Å². The van der Waals surface area contributed by atoms with E-state index in [0.29, 0.717) is 0 Å². The maximum absolute atomic E-state index is 13.1. The Morgan fingerprint density at radius 2 is 2.17 bits per heavy atom. The maximum atomic E-state index is 13.1. The normalized spacial score (nSPS) is 10.2. The first-order valence-corrected chi connectivity index (χ1v) is 4.97. The summed E-state index contributed by atoms with van der Waals surface area (Å²) >= 11 is 3.32. The molecule has 0 unspecified atom stereocenters. The number of benzene rings is 1. The number of aryl methyl sites for hydroxylation is 1. The predicted octanol–water partition coefficient (Wildman–Crippen LogP) is 3.93. The van der Waals surface area contributed by atoms with Crippen LogP contribution < -0.4 is 0 Å². The van der Waals surface area contributed by atoms with Crippen molar-refractivity contribution in [1.82, 2.24) is 0 Å². The predicted molar refractivity (Wildman–Crippen MR) is 52.7 cm³/mol. The van der Waals surface area contributed by atoms with Gasteiger partial charge in [-0.2, -0.15) is 0 Å². The fraction of sp³-hybridized carbons (Fsp3) is 0.400. The molecule has 0 atom stereocenters. The molecule has 0 amide bonds. The highest BCUT2D eigenvalue weighted by molar-refractivity contribution is 9.10. The van der Waals surface area contributed by atoms with Gasteiger partial charge >= 0.3 is 0 Å². The first kappa shape index (κ1) is 9.72. The van der Waals surface area contributed by atoms with Crippen LogP contribution in [-0.4, -0.2) is 0 Å². The van der Waals surface area contributed by atoms with Gasteiger partial charge in [-0.05, 0) is 36.6 Å². The second-order valence-corrected chi connectivity index (χ2v) is 3.75. The molecule has 0 nitrogen and oxygen atoms in total. The van der Waals surface area contributed by atoms with Gasteiger partial charge in [0.25, 0.3) is 0 Å². The fourth-order valence-corrected chi connectivity index (χ4v) is 1.51. The molecule has 0 spiro atoms. The van der Waals surface area contributed by atoms with Crippen LogP contribution >= 0.6 is 15.9 Å². The Morgan fingerprint density at radius 3 is 2.83 bits per heavy atom. The summed E-state index contributed by atoms with van der Waals surface area (Å²) < 4.78 is 14.0. The zero-order valence-electron chi connectivity index (χ0n) is 7.11. The third-order valence-corrected chi connectivity index (χ3v) is 2.30. The van der Waals surface area contributed by atoms with Crippen molar-refractivity contribution in [3.05, 3.63) is 34.1 Å². The molecule has 0 fully saturated rings. The third-order valence-electron chi connectivity index (χ3n) is 1.81. The largest absolute Gasteiger partial charge is 0.207 e. The summed E-state index contributed by atoms with van der Waals surface area (Å²) in [6, 6.07) is 5.09. The summed E-state index contributed by atoms with van der Waals surface area (Å²) in [5.41, 5.74) is 0.811. The van der Waals surface area contributed by atoms with Gasteiger partial charge in [-0.25, -0.2) is 4.39 Å².